The van der Waals surface area contributed by atoms with E-state index in [1.165, 1.54) is 0 Å². The molecule has 0 rings (SSSR count). The van der Waals surface area contributed by atoms with E-state index in [9.17, 15) is 0 Å². The van der Waals surface area contributed by atoms with Crippen LogP contribution in [0, 0.1) is 5.92 Å². The summed E-state index contributed by atoms with van der Waals surface area (Å²) >= 11 is 0. The third-order valence-electron chi connectivity index (χ3n) is 1.11. The summed E-state index contributed by atoms with van der Waals surface area (Å²) in [6.07, 6.45) is 1.87. The van der Waals surface area contributed by atoms with Crippen molar-refractivity contribution in [3.05, 3.63) is 0 Å². The van der Waals surface area contributed by atoms with Crippen LogP contribution in [0.4, 0.5) is 0 Å². The molecule has 0 fully saturated rings. The van der Waals surface area contributed by atoms with Gasteiger partial charge >= 0.3 is 0 Å². The topological polar surface area (TPSA) is 32.6 Å². The molecule has 1 N–H and O–H groups in total. The smallest absolute Gasteiger partial charge is 0.0778 e. The van der Waals surface area contributed by atoms with Crippen LogP contribution in [0.25, 0.3) is 0 Å². The van der Waals surface area contributed by atoms with Crippen LogP contribution in [0.1, 0.15) is 27.7 Å². The van der Waals surface area contributed by atoms with E-state index in [4.69, 9.17) is 5.11 Å². The third kappa shape index (κ3) is 4.50. The van der Waals surface area contributed by atoms with E-state index >= 15 is 0 Å². The molecular weight excluding hydrogens is 126 g/mol. The van der Waals surface area contributed by atoms with E-state index in [1.54, 1.807) is 0 Å². The van der Waals surface area contributed by atoms with E-state index in [1.807, 2.05) is 20.1 Å². The summed E-state index contributed by atoms with van der Waals surface area (Å²) in [7, 11) is 0. The molecule has 2 nitrogen and oxygen atoms in total. The number of hydrogen-bond acceptors (Lipinski definition) is 2. The van der Waals surface area contributed by atoms with Crippen molar-refractivity contribution in [3.63, 3.8) is 0 Å². The highest BCUT2D eigenvalue weighted by atomic mass is 16.3. The molecule has 0 saturated heterocycles. The first-order chi connectivity index (χ1) is 4.48. The standard InChI is InChI=1S/C8H17NO/c1-7(2)5-9-8(3,4)6-10/h5,7,10H,6H2,1-4H3. The van der Waals surface area contributed by atoms with Crippen molar-refractivity contribution in [2.75, 3.05) is 6.61 Å². The molecule has 60 valence electrons. The van der Waals surface area contributed by atoms with Gasteiger partial charge in [0.1, 0.15) is 0 Å². The summed E-state index contributed by atoms with van der Waals surface area (Å²) in [6.45, 7) is 8.06. The maximum Gasteiger partial charge on any atom is 0.0778 e. The van der Waals surface area contributed by atoms with E-state index in [2.05, 4.69) is 18.8 Å². The van der Waals surface area contributed by atoms with Gasteiger partial charge in [-0.15, -0.1) is 0 Å². The highest BCUT2D eigenvalue weighted by Gasteiger charge is 2.12. The SMILES string of the molecule is CC(C)C=NC(C)(C)CO. The van der Waals surface area contributed by atoms with Gasteiger partial charge in [-0.2, -0.15) is 0 Å². The van der Waals surface area contributed by atoms with E-state index < -0.39 is 0 Å². The van der Waals surface area contributed by atoms with Crippen LogP contribution < -0.4 is 0 Å². The molecule has 0 aliphatic rings. The number of aliphatic imine (C=N–C) groups is 1. The monoisotopic (exact) mass is 143 g/mol. The van der Waals surface area contributed by atoms with Crippen LogP contribution in [-0.2, 0) is 0 Å². The van der Waals surface area contributed by atoms with Crippen molar-refractivity contribution in [2.45, 2.75) is 33.2 Å². The van der Waals surface area contributed by atoms with Crippen molar-refractivity contribution < 1.29 is 5.11 Å². The van der Waals surface area contributed by atoms with Crippen LogP contribution in [0.2, 0.25) is 0 Å². The lowest BCUT2D eigenvalue weighted by Gasteiger charge is -2.15. The predicted molar refractivity (Wildman–Crippen MR) is 44.5 cm³/mol. The normalized spacial score (nSPS) is 13.4. The van der Waals surface area contributed by atoms with Gasteiger partial charge in [-0.3, -0.25) is 4.99 Å². The first-order valence-electron chi connectivity index (χ1n) is 3.64. The van der Waals surface area contributed by atoms with Gasteiger partial charge in [-0.05, 0) is 19.8 Å². The zero-order valence-electron chi connectivity index (χ0n) is 7.26. The zero-order chi connectivity index (χ0) is 8.20. The van der Waals surface area contributed by atoms with E-state index in [0.717, 1.165) is 0 Å². The number of hydrogen-bond donors (Lipinski definition) is 1. The van der Waals surface area contributed by atoms with Crippen LogP contribution in [0.15, 0.2) is 4.99 Å². The Hall–Kier alpha value is -0.370. The summed E-state index contributed by atoms with van der Waals surface area (Å²) in [4.78, 5) is 4.20. The third-order valence-corrected chi connectivity index (χ3v) is 1.11. The largest absolute Gasteiger partial charge is 0.394 e. The van der Waals surface area contributed by atoms with Crippen LogP contribution in [0.3, 0.4) is 0 Å². The molecule has 0 aromatic rings. The quantitative estimate of drug-likeness (QED) is 0.596. The average molecular weight is 143 g/mol. The predicted octanol–water partition coefficient (Wildman–Crippen LogP) is 1.48. The first kappa shape index (κ1) is 9.63. The maximum atomic E-state index is 8.79. The van der Waals surface area contributed by atoms with Crippen LogP contribution in [-0.4, -0.2) is 23.5 Å². The summed E-state index contributed by atoms with van der Waals surface area (Å²) in [5, 5.41) is 8.79. The highest BCUT2D eigenvalue weighted by Crippen LogP contribution is 2.06. The van der Waals surface area contributed by atoms with Crippen molar-refractivity contribution in [2.24, 2.45) is 10.9 Å². The molecule has 0 heterocycles. The van der Waals surface area contributed by atoms with Gasteiger partial charge in [0.05, 0.1) is 12.1 Å². The Bertz CT molecular complexity index is 116. The molecule has 2 heteroatoms. The fourth-order valence-electron chi connectivity index (χ4n) is 0.392. The Morgan fingerprint density at radius 3 is 2.30 bits per heavy atom. The summed E-state index contributed by atoms with van der Waals surface area (Å²) in [5.74, 6) is 0.464. The minimum Gasteiger partial charge on any atom is -0.394 e. The van der Waals surface area contributed by atoms with Gasteiger partial charge in [-0.25, -0.2) is 0 Å². The second-order valence-corrected chi connectivity index (χ2v) is 3.49. The van der Waals surface area contributed by atoms with Crippen molar-refractivity contribution >= 4 is 6.21 Å². The second-order valence-electron chi connectivity index (χ2n) is 3.49. The fraction of sp³-hybridized carbons (Fsp3) is 0.875. The molecule has 0 radical (unpaired) electrons. The molecule has 0 atom stereocenters. The van der Waals surface area contributed by atoms with Gasteiger partial charge in [-0.1, -0.05) is 13.8 Å². The fourth-order valence-corrected chi connectivity index (χ4v) is 0.392. The van der Waals surface area contributed by atoms with Crippen LogP contribution >= 0.6 is 0 Å². The van der Waals surface area contributed by atoms with Crippen molar-refractivity contribution in [1.29, 1.82) is 0 Å². The van der Waals surface area contributed by atoms with Gasteiger partial charge in [0.2, 0.25) is 0 Å². The molecule has 0 aromatic heterocycles. The zero-order valence-corrected chi connectivity index (χ0v) is 7.26. The summed E-state index contributed by atoms with van der Waals surface area (Å²) < 4.78 is 0. The van der Waals surface area contributed by atoms with Gasteiger partial charge in [0.25, 0.3) is 0 Å². The van der Waals surface area contributed by atoms with Crippen LogP contribution in [0.5, 0.6) is 0 Å². The van der Waals surface area contributed by atoms with Gasteiger partial charge < -0.3 is 5.11 Å². The number of nitrogens with zero attached hydrogens (tertiary/aromatic N) is 1. The Kier molecular flexibility index (Phi) is 3.58. The van der Waals surface area contributed by atoms with Crippen molar-refractivity contribution in [1.82, 2.24) is 0 Å². The molecule has 0 aromatic carbocycles. The Labute approximate surface area is 63.0 Å². The number of aliphatic hydroxyl groups excluding tert-OH is 1. The highest BCUT2D eigenvalue weighted by molar-refractivity contribution is 5.60. The molecule has 0 amide bonds. The van der Waals surface area contributed by atoms with Gasteiger partial charge in [0.15, 0.2) is 0 Å². The molecule has 0 aliphatic carbocycles. The van der Waals surface area contributed by atoms with E-state index in [-0.39, 0.29) is 12.1 Å². The lowest BCUT2D eigenvalue weighted by atomic mass is 10.1. The number of aliphatic hydroxyl groups is 1. The minimum atomic E-state index is -0.301. The van der Waals surface area contributed by atoms with E-state index in [0.29, 0.717) is 5.92 Å². The molecule has 0 bridgehead atoms. The molecule has 0 saturated carbocycles. The molecular formula is C8H17NO. The lowest BCUT2D eigenvalue weighted by Crippen LogP contribution is -2.22. The minimum absolute atomic E-state index is 0.107. The second kappa shape index (κ2) is 3.71. The molecule has 10 heavy (non-hydrogen) atoms. The number of rotatable bonds is 3. The molecule has 0 aliphatic heterocycles. The summed E-state index contributed by atoms with van der Waals surface area (Å²) in [5.41, 5.74) is -0.301. The van der Waals surface area contributed by atoms with Crippen molar-refractivity contribution in [3.8, 4) is 0 Å². The average Bonchev–Trinajstić information content (AvgIpc) is 1.85. The first-order valence-corrected chi connectivity index (χ1v) is 3.64. The molecule has 0 spiro atoms. The Morgan fingerprint density at radius 1 is 1.50 bits per heavy atom. The van der Waals surface area contributed by atoms with Gasteiger partial charge in [0, 0.05) is 6.21 Å². The lowest BCUT2D eigenvalue weighted by molar-refractivity contribution is 0.223. The Balaban J connectivity index is 3.86. The summed E-state index contributed by atoms with van der Waals surface area (Å²) in [6, 6.07) is 0. The molecule has 0 unspecified atom stereocenters. The Morgan fingerprint density at radius 2 is 2.00 bits per heavy atom. The maximum absolute atomic E-state index is 8.79.